The Balaban J connectivity index is 3.39. The third kappa shape index (κ3) is 6.59. The molecule has 0 N–H and O–H groups in total. The van der Waals surface area contributed by atoms with Gasteiger partial charge in [0, 0.05) is 0 Å². The zero-order chi connectivity index (χ0) is 6.78. The Morgan fingerprint density at radius 3 is 1.62 bits per heavy atom. The van der Waals surface area contributed by atoms with E-state index in [9.17, 15) is 13.2 Å². The van der Waals surface area contributed by atoms with Crippen molar-refractivity contribution in [3.63, 3.8) is 0 Å². The van der Waals surface area contributed by atoms with Crippen LogP contribution in [0.4, 0.5) is 13.2 Å². The molecule has 49 valence electrons. The highest BCUT2D eigenvalue weighted by Gasteiger charge is 2.31. The molecule has 0 aromatic rings. The van der Waals surface area contributed by atoms with Crippen molar-refractivity contribution < 1.29 is 13.2 Å². The van der Waals surface area contributed by atoms with Gasteiger partial charge in [-0.05, 0) is 0 Å². The Labute approximate surface area is 55.6 Å². The molecule has 0 nitrogen and oxygen atoms in total. The van der Waals surface area contributed by atoms with Crippen LogP contribution in [0.3, 0.4) is 0 Å². The molecular weight excluding hydrogens is 180 g/mol. The van der Waals surface area contributed by atoms with Gasteiger partial charge in [-0.25, -0.2) is 0 Å². The highest BCUT2D eigenvalue weighted by molar-refractivity contribution is 7.33. The van der Waals surface area contributed by atoms with Gasteiger partial charge >= 0.3 is 6.18 Å². The average molecular weight is 182 g/mol. The van der Waals surface area contributed by atoms with Gasteiger partial charge in [-0.2, -0.15) is 13.2 Å². The molecule has 0 aromatic carbocycles. The predicted molar refractivity (Wildman–Crippen MR) is 28.3 cm³/mol. The molecule has 8 heavy (non-hydrogen) atoms. The van der Waals surface area contributed by atoms with E-state index in [2.05, 4.69) is 0 Å². The Kier molecular flexibility index (Phi) is 3.15. The lowest BCUT2D eigenvalue weighted by molar-refractivity contribution is -0.109. The minimum Gasteiger partial charge on any atom is -0.171 e. The average Bonchev–Trinajstić information content (AvgIpc) is 1.21. The fourth-order valence-corrected chi connectivity index (χ4v) is 1.36. The summed E-state index contributed by atoms with van der Waals surface area (Å²) in [5, 5.41) is 0. The largest absolute Gasteiger partial charge is 0.388 e. The van der Waals surface area contributed by atoms with Crippen molar-refractivity contribution in [1.82, 2.24) is 0 Å². The normalized spacial score (nSPS) is 12.8. The highest BCUT2D eigenvalue weighted by Crippen LogP contribution is 2.24. The van der Waals surface area contributed by atoms with E-state index in [0.717, 1.165) is 0 Å². The first-order chi connectivity index (χ1) is 3.42. The molecule has 0 unspecified atom stereocenters. The van der Waals surface area contributed by atoms with Crippen LogP contribution in [0.1, 0.15) is 0 Å². The van der Waals surface area contributed by atoms with Crippen LogP contribution in [-0.4, -0.2) is 13.6 Å². The fraction of sp³-hybridized carbons (Fsp3) is 1.00. The number of alkyl halides is 3. The summed E-state index contributed by atoms with van der Waals surface area (Å²) in [5.41, 5.74) is 0. The van der Waals surface area contributed by atoms with E-state index < -0.39 is 19.6 Å². The van der Waals surface area contributed by atoms with Crippen LogP contribution in [0, 0.1) is 0 Å². The molecule has 0 saturated carbocycles. The first-order valence-electron chi connectivity index (χ1n) is 1.65. The van der Waals surface area contributed by atoms with Crippen LogP contribution in [0.25, 0.3) is 0 Å². The first kappa shape index (κ1) is 8.59. The van der Waals surface area contributed by atoms with E-state index in [1.54, 1.807) is 0 Å². The minimum atomic E-state index is -4.20. The third-order valence-electron chi connectivity index (χ3n) is 0.334. The lowest BCUT2D eigenvalue weighted by Crippen LogP contribution is -2.12. The van der Waals surface area contributed by atoms with Crippen molar-refractivity contribution in [3.05, 3.63) is 0 Å². The topological polar surface area (TPSA) is 0 Å². The fourth-order valence-electron chi connectivity index (χ4n) is 0.152. The standard InChI is InChI=1S/C2H2Cl2F3Si/c3-8(4)1-2(5,6)7/h1H2. The SMILES string of the molecule is FC(F)(F)C[Si](Cl)Cl. The maximum atomic E-state index is 11.2. The van der Waals surface area contributed by atoms with Crippen molar-refractivity contribution in [2.75, 3.05) is 0 Å². The molecule has 1 radical (unpaired) electrons. The molecule has 6 heteroatoms. The third-order valence-corrected chi connectivity index (χ3v) is 1.80. The minimum absolute atomic E-state index is 1.04. The summed E-state index contributed by atoms with van der Waals surface area (Å²) in [7, 11) is -2.17. The van der Waals surface area contributed by atoms with E-state index in [1.807, 2.05) is 0 Å². The number of hydrogen-bond donors (Lipinski definition) is 0. The maximum Gasteiger partial charge on any atom is 0.388 e. The summed E-state index contributed by atoms with van der Waals surface area (Å²) in [4.78, 5) is 0. The Morgan fingerprint density at radius 2 is 1.62 bits per heavy atom. The van der Waals surface area contributed by atoms with Crippen LogP contribution in [0.5, 0.6) is 0 Å². The molecular formula is C2H2Cl2F3Si. The van der Waals surface area contributed by atoms with Crippen LogP contribution in [0.15, 0.2) is 0 Å². The van der Waals surface area contributed by atoms with Gasteiger partial charge in [0.15, 0.2) is 0 Å². The molecule has 0 atom stereocenters. The number of rotatable bonds is 1. The molecule has 0 aliphatic rings. The molecule has 0 rings (SSSR count). The number of hydrogen-bond acceptors (Lipinski definition) is 0. The van der Waals surface area contributed by atoms with E-state index in [4.69, 9.17) is 22.2 Å². The Bertz CT molecular complexity index is 70.2. The smallest absolute Gasteiger partial charge is 0.171 e. The molecule has 0 heterocycles. The zero-order valence-corrected chi connectivity index (χ0v) is 6.11. The lowest BCUT2D eigenvalue weighted by Gasteiger charge is -2.02. The van der Waals surface area contributed by atoms with E-state index in [0.29, 0.717) is 0 Å². The van der Waals surface area contributed by atoms with E-state index >= 15 is 0 Å². The lowest BCUT2D eigenvalue weighted by atomic mass is 10.8. The van der Waals surface area contributed by atoms with Gasteiger partial charge in [0.2, 0.25) is 0 Å². The van der Waals surface area contributed by atoms with Gasteiger partial charge in [0.1, 0.15) is 0 Å². The van der Waals surface area contributed by atoms with Gasteiger partial charge in [-0.1, -0.05) is 0 Å². The quantitative estimate of drug-likeness (QED) is 0.431. The summed E-state index contributed by atoms with van der Waals surface area (Å²) < 4.78 is 33.5. The molecule has 0 fully saturated rings. The molecule has 0 spiro atoms. The van der Waals surface area contributed by atoms with Crippen LogP contribution in [-0.2, 0) is 0 Å². The van der Waals surface area contributed by atoms with Crippen molar-refractivity contribution in [1.29, 1.82) is 0 Å². The van der Waals surface area contributed by atoms with Crippen molar-refractivity contribution >= 4 is 29.6 Å². The second-order valence-electron chi connectivity index (χ2n) is 1.13. The first-order valence-corrected chi connectivity index (χ1v) is 5.38. The maximum absolute atomic E-state index is 11.2. The van der Waals surface area contributed by atoms with Crippen molar-refractivity contribution in [2.45, 2.75) is 12.2 Å². The van der Waals surface area contributed by atoms with Gasteiger partial charge in [0.25, 0.3) is 7.42 Å². The summed E-state index contributed by atoms with van der Waals surface area (Å²) >= 11 is 9.82. The zero-order valence-electron chi connectivity index (χ0n) is 3.60. The van der Waals surface area contributed by atoms with Crippen LogP contribution < -0.4 is 0 Å². The van der Waals surface area contributed by atoms with Crippen molar-refractivity contribution in [3.8, 4) is 0 Å². The Hall–Kier alpha value is 0.587. The summed E-state index contributed by atoms with van der Waals surface area (Å²) in [6, 6.07) is -1.04. The van der Waals surface area contributed by atoms with E-state index in [1.165, 1.54) is 0 Å². The molecule has 0 amide bonds. The predicted octanol–water partition coefficient (Wildman–Crippen LogP) is 2.51. The molecule has 0 saturated heterocycles. The molecule has 0 aliphatic heterocycles. The Morgan fingerprint density at radius 1 is 1.25 bits per heavy atom. The second kappa shape index (κ2) is 2.94. The molecule has 0 aromatic heterocycles. The summed E-state index contributed by atoms with van der Waals surface area (Å²) in [6.07, 6.45) is -4.20. The van der Waals surface area contributed by atoms with Crippen molar-refractivity contribution in [2.24, 2.45) is 0 Å². The number of halogens is 5. The van der Waals surface area contributed by atoms with Crippen LogP contribution in [0.2, 0.25) is 6.04 Å². The summed E-state index contributed by atoms with van der Waals surface area (Å²) in [5.74, 6) is 0. The highest BCUT2D eigenvalue weighted by atomic mass is 35.7. The van der Waals surface area contributed by atoms with Gasteiger partial charge < -0.3 is 0 Å². The second-order valence-corrected chi connectivity index (χ2v) is 5.48. The molecule has 0 bridgehead atoms. The monoisotopic (exact) mass is 181 g/mol. The molecule has 0 aliphatic carbocycles. The van der Waals surface area contributed by atoms with Gasteiger partial charge in [-0.15, -0.1) is 22.2 Å². The van der Waals surface area contributed by atoms with E-state index in [-0.39, 0.29) is 0 Å². The van der Waals surface area contributed by atoms with Gasteiger partial charge in [-0.3, -0.25) is 0 Å². The van der Waals surface area contributed by atoms with Gasteiger partial charge in [0.05, 0.1) is 6.04 Å². The summed E-state index contributed by atoms with van der Waals surface area (Å²) in [6.45, 7) is 0. The van der Waals surface area contributed by atoms with Crippen LogP contribution >= 0.6 is 22.2 Å².